The highest BCUT2D eigenvalue weighted by molar-refractivity contribution is 5.84. The molecule has 408 valence electrons. The van der Waals surface area contributed by atoms with Crippen LogP contribution in [-0.2, 0) is 66.6 Å². The molecule has 2 N–H and O–H groups in total. The fraction of sp³-hybridized carbons (Fsp3) is 0.691. The average Bonchev–Trinajstić information content (AvgIpc) is 3.32. The maximum Gasteiger partial charge on any atom is 0.309 e. The van der Waals surface area contributed by atoms with Gasteiger partial charge in [-0.25, -0.2) is 0 Å². The summed E-state index contributed by atoms with van der Waals surface area (Å²) in [6.07, 6.45) is -6.21. The van der Waals surface area contributed by atoms with Crippen molar-refractivity contribution in [3.05, 3.63) is 54.1 Å². The Labute approximate surface area is 431 Å². The number of hydrogen-bond acceptors (Lipinski definition) is 18. The van der Waals surface area contributed by atoms with E-state index in [9.17, 15) is 34.2 Å². The van der Waals surface area contributed by atoms with Gasteiger partial charge in [-0.15, -0.1) is 0 Å². The van der Waals surface area contributed by atoms with Gasteiger partial charge in [0.25, 0.3) is 0 Å². The first-order valence-electron chi connectivity index (χ1n) is 25.9. The van der Waals surface area contributed by atoms with Crippen LogP contribution in [0.2, 0.25) is 0 Å². The molecule has 5 unspecified atom stereocenters. The monoisotopic (exact) mass is 1030 g/mol. The van der Waals surface area contributed by atoms with Gasteiger partial charge < -0.3 is 67.4 Å². The summed E-state index contributed by atoms with van der Waals surface area (Å²) in [7, 11) is 6.82. The molecule has 5 rings (SSSR count). The molecule has 0 aromatic heterocycles. The van der Waals surface area contributed by atoms with Crippen LogP contribution in [0.1, 0.15) is 112 Å². The SMILES string of the molecule is CCC(=O)O[C@@H]1CC(=O)O[C@@H](C/C=C/c2ccc3ccccc3c2)CCCN(C)C[C@H](O)[C@H](C)C[C@H](CC=O)[C@H](O[C@@H]2OC(C)[C@@H](O[C@H]3CC(C)(OC(C)=O)[C@@H](OC(=O)CC)C(C)O3)C(N(C)C)C2O)[C@H]1OC. The van der Waals surface area contributed by atoms with Crippen LogP contribution in [0.25, 0.3) is 16.8 Å². The van der Waals surface area contributed by atoms with Gasteiger partial charge in [-0.05, 0) is 102 Å². The first-order chi connectivity index (χ1) is 34.7. The number of ether oxygens (including phenoxy) is 9. The predicted molar refractivity (Wildman–Crippen MR) is 271 cm³/mol. The van der Waals surface area contributed by atoms with Gasteiger partial charge in [0.1, 0.15) is 36.8 Å². The lowest BCUT2D eigenvalue weighted by Crippen LogP contribution is -2.66. The Hall–Kier alpha value is -4.37. The van der Waals surface area contributed by atoms with Gasteiger partial charge in [0.05, 0.1) is 36.9 Å². The zero-order valence-corrected chi connectivity index (χ0v) is 44.7. The second-order valence-electron chi connectivity index (χ2n) is 20.5. The van der Waals surface area contributed by atoms with Crippen molar-refractivity contribution >= 4 is 47.0 Å². The summed E-state index contributed by atoms with van der Waals surface area (Å²) in [5.41, 5.74) is -0.334. The van der Waals surface area contributed by atoms with Crippen molar-refractivity contribution in [2.24, 2.45) is 11.8 Å². The van der Waals surface area contributed by atoms with Crippen molar-refractivity contribution in [2.45, 2.75) is 192 Å². The first kappa shape index (κ1) is 59.5. The highest BCUT2D eigenvalue weighted by atomic mass is 16.7. The standard InChI is InChI=1S/C55H82N2O16/c1-12-44(61)69-43-30-46(63)68-41(21-16-18-37-23-24-38-19-14-15-20-39(38)29-37)22-17-26-57(10)32-42(60)33(3)28-40(25-27-58)51(52(43)65-11)72-54-49(64)48(56(8)9)50(34(4)67-54)71-47-31-55(7,73-36(6)59)53(35(5)66-47)70-45(62)13-2/h14-16,18-20,23-24,27,29,33-35,40-43,47-54,60,64H,12-13,17,21-22,25-26,28,30-32H2,1-11H3/b18-16+/t33-,34?,35?,40+,41+,42+,43-,47+,48?,49?,50-,51+,52+,53+,54+,55?/m1/s1. The summed E-state index contributed by atoms with van der Waals surface area (Å²) in [5, 5.41) is 26.3. The number of hydrogen-bond donors (Lipinski definition) is 2. The summed E-state index contributed by atoms with van der Waals surface area (Å²) >= 11 is 0. The lowest BCUT2D eigenvalue weighted by atomic mass is 9.82. The summed E-state index contributed by atoms with van der Waals surface area (Å²) < 4.78 is 56.2. The third-order valence-electron chi connectivity index (χ3n) is 14.3. The number of aldehydes is 1. The second-order valence-corrected chi connectivity index (χ2v) is 20.5. The number of aliphatic hydroxyl groups excluding tert-OH is 2. The number of carbonyl (C=O) groups is 5. The Morgan fingerprint density at radius 1 is 0.918 bits per heavy atom. The molecule has 18 heteroatoms. The topological polar surface area (TPSA) is 215 Å². The molecule has 0 bridgehead atoms. The van der Waals surface area contributed by atoms with Gasteiger partial charge in [0.2, 0.25) is 0 Å². The third kappa shape index (κ3) is 16.6. The van der Waals surface area contributed by atoms with Gasteiger partial charge in [-0.1, -0.05) is 69.3 Å². The highest BCUT2D eigenvalue weighted by Crippen LogP contribution is 2.39. The molecule has 2 aromatic carbocycles. The summed E-state index contributed by atoms with van der Waals surface area (Å²) in [6.45, 7) is 12.5. The van der Waals surface area contributed by atoms with Gasteiger partial charge in [-0.3, -0.25) is 19.2 Å². The van der Waals surface area contributed by atoms with Crippen LogP contribution >= 0.6 is 0 Å². The molecule has 3 fully saturated rings. The Kier molecular flexibility index (Phi) is 22.8. The number of rotatable bonds is 16. The van der Waals surface area contributed by atoms with Gasteiger partial charge in [-0.2, -0.15) is 0 Å². The number of cyclic esters (lactones) is 1. The first-order valence-corrected chi connectivity index (χ1v) is 25.9. The molecular weight excluding hydrogens is 945 g/mol. The number of aliphatic hydroxyl groups is 2. The van der Waals surface area contributed by atoms with E-state index in [-0.39, 0.29) is 38.0 Å². The average molecular weight is 1030 g/mol. The molecule has 3 aliphatic rings. The van der Waals surface area contributed by atoms with Gasteiger partial charge in [0, 0.05) is 52.7 Å². The van der Waals surface area contributed by atoms with Crippen molar-refractivity contribution < 1.29 is 76.8 Å². The van der Waals surface area contributed by atoms with Crippen molar-refractivity contribution in [1.82, 2.24) is 9.80 Å². The molecule has 3 aliphatic heterocycles. The molecule has 0 radical (unpaired) electrons. The van der Waals surface area contributed by atoms with E-state index in [1.165, 1.54) is 14.0 Å². The van der Waals surface area contributed by atoms with Crippen LogP contribution in [0.3, 0.4) is 0 Å². The Morgan fingerprint density at radius 2 is 1.62 bits per heavy atom. The van der Waals surface area contributed by atoms with Gasteiger partial charge in [0.15, 0.2) is 24.3 Å². The van der Waals surface area contributed by atoms with Crippen molar-refractivity contribution in [2.75, 3.05) is 41.3 Å². The molecular formula is C55H82N2O16. The van der Waals surface area contributed by atoms with Crippen LogP contribution in [0, 0.1) is 11.8 Å². The molecule has 3 saturated heterocycles. The normalized spacial score (nSPS) is 34.5. The Balaban J connectivity index is 1.46. The summed E-state index contributed by atoms with van der Waals surface area (Å²) in [6, 6.07) is 13.5. The molecule has 0 amide bonds. The van der Waals surface area contributed by atoms with E-state index >= 15 is 0 Å². The molecule has 0 aliphatic carbocycles. The minimum atomic E-state index is -1.44. The Bertz CT molecular complexity index is 2140. The molecule has 73 heavy (non-hydrogen) atoms. The summed E-state index contributed by atoms with van der Waals surface area (Å²) in [4.78, 5) is 68.7. The number of benzene rings is 2. The van der Waals surface area contributed by atoms with Crippen LogP contribution in [-0.4, -0.2) is 177 Å². The third-order valence-corrected chi connectivity index (χ3v) is 14.3. The largest absolute Gasteiger partial charge is 0.462 e. The second kappa shape index (κ2) is 28.0. The molecule has 0 saturated carbocycles. The van der Waals surface area contributed by atoms with E-state index in [0.717, 1.165) is 22.6 Å². The number of nitrogens with zero attached hydrogens (tertiary/aromatic N) is 2. The minimum Gasteiger partial charge on any atom is -0.462 e. The van der Waals surface area contributed by atoms with Crippen LogP contribution < -0.4 is 0 Å². The van der Waals surface area contributed by atoms with E-state index in [4.69, 9.17) is 42.6 Å². The zero-order chi connectivity index (χ0) is 53.6. The lowest BCUT2D eigenvalue weighted by molar-refractivity contribution is -0.344. The highest BCUT2D eigenvalue weighted by Gasteiger charge is 2.54. The summed E-state index contributed by atoms with van der Waals surface area (Å²) in [5.74, 6) is -3.43. The number of carbonyl (C=O) groups excluding carboxylic acids is 5. The van der Waals surface area contributed by atoms with E-state index in [1.807, 2.05) is 49.2 Å². The lowest BCUT2D eigenvalue weighted by Gasteiger charge is -2.50. The van der Waals surface area contributed by atoms with E-state index in [1.54, 1.807) is 53.6 Å². The molecule has 18 nitrogen and oxygen atoms in total. The van der Waals surface area contributed by atoms with Crippen LogP contribution in [0.15, 0.2) is 48.5 Å². The zero-order valence-electron chi connectivity index (χ0n) is 44.7. The number of β-amino-alcohol motifs (C(OH)–C–C–N with tert-alkyl or cyclic N) is 1. The molecule has 3 heterocycles. The minimum absolute atomic E-state index is 0.0217. The number of likely N-dealkylation sites (N-methyl/N-ethyl adjacent to an activating group) is 2. The van der Waals surface area contributed by atoms with E-state index in [2.05, 4.69) is 24.3 Å². The van der Waals surface area contributed by atoms with Crippen LogP contribution in [0.4, 0.5) is 0 Å². The maximum absolute atomic E-state index is 14.2. The number of methoxy groups -OCH3 is 1. The van der Waals surface area contributed by atoms with Gasteiger partial charge >= 0.3 is 23.9 Å². The van der Waals surface area contributed by atoms with E-state index in [0.29, 0.717) is 32.4 Å². The number of esters is 4. The van der Waals surface area contributed by atoms with Crippen LogP contribution in [0.5, 0.6) is 0 Å². The van der Waals surface area contributed by atoms with Crippen molar-refractivity contribution in [1.29, 1.82) is 0 Å². The van der Waals surface area contributed by atoms with E-state index < -0.39 is 121 Å². The molecule has 16 atom stereocenters. The molecule has 2 aromatic rings. The fourth-order valence-electron chi connectivity index (χ4n) is 10.5. The van der Waals surface area contributed by atoms with Crippen molar-refractivity contribution in [3.63, 3.8) is 0 Å². The van der Waals surface area contributed by atoms with Crippen molar-refractivity contribution in [3.8, 4) is 0 Å². The molecule has 0 spiro atoms. The fourth-order valence-corrected chi connectivity index (χ4v) is 10.5. The smallest absolute Gasteiger partial charge is 0.309 e. The quantitative estimate of drug-likeness (QED) is 0.116. The number of fused-ring (bicyclic) bond motifs is 1. The maximum atomic E-state index is 14.2. The Morgan fingerprint density at radius 3 is 2.27 bits per heavy atom. The predicted octanol–water partition coefficient (Wildman–Crippen LogP) is 5.78.